The third kappa shape index (κ3) is 3.84. The minimum atomic E-state index is -0.149. The van der Waals surface area contributed by atoms with Crippen LogP contribution < -0.4 is 15.8 Å². The molecule has 3 rings (SSSR count). The average Bonchev–Trinajstić information content (AvgIpc) is 2.66. The van der Waals surface area contributed by atoms with Crippen molar-refractivity contribution in [2.45, 2.75) is 19.4 Å². The van der Waals surface area contributed by atoms with Gasteiger partial charge in [0.2, 0.25) is 11.9 Å². The van der Waals surface area contributed by atoms with Gasteiger partial charge in [-0.1, -0.05) is 13.5 Å². The van der Waals surface area contributed by atoms with E-state index in [1.165, 1.54) is 6.08 Å². The van der Waals surface area contributed by atoms with Gasteiger partial charge >= 0.3 is 0 Å². The Hall–Kier alpha value is -3.16. The second-order valence-corrected chi connectivity index (χ2v) is 6.41. The van der Waals surface area contributed by atoms with Gasteiger partial charge in [0.05, 0.1) is 11.7 Å². The van der Waals surface area contributed by atoms with Crippen LogP contribution in [0.3, 0.4) is 0 Å². The number of aromatic nitrogens is 3. The lowest BCUT2D eigenvalue weighted by Crippen LogP contribution is -2.61. The fourth-order valence-corrected chi connectivity index (χ4v) is 3.18. The van der Waals surface area contributed by atoms with E-state index in [1.54, 1.807) is 30.4 Å². The van der Waals surface area contributed by atoms with Crippen LogP contribution in [0.1, 0.15) is 13.3 Å². The van der Waals surface area contributed by atoms with Crippen molar-refractivity contribution in [1.29, 1.82) is 0 Å². The van der Waals surface area contributed by atoms with E-state index in [4.69, 9.17) is 0 Å². The van der Waals surface area contributed by atoms with Crippen molar-refractivity contribution in [3.05, 3.63) is 47.5 Å². The van der Waals surface area contributed by atoms with Gasteiger partial charge < -0.3 is 20.1 Å². The van der Waals surface area contributed by atoms with E-state index in [0.29, 0.717) is 24.7 Å². The number of nitrogens with zero attached hydrogens (tertiary/aromatic N) is 4. The highest BCUT2D eigenvalue weighted by Crippen LogP contribution is 2.25. The van der Waals surface area contributed by atoms with Gasteiger partial charge in [-0.25, -0.2) is 9.97 Å². The number of hydrogen-bond donors (Lipinski definition) is 2. The maximum Gasteiger partial charge on any atom is 0.271 e. The Balaban J connectivity index is 1.90. The monoisotopic (exact) mass is 368 g/mol. The van der Waals surface area contributed by atoms with Crippen LogP contribution >= 0.6 is 0 Å². The summed E-state index contributed by atoms with van der Waals surface area (Å²) in [4.78, 5) is 39.4. The summed E-state index contributed by atoms with van der Waals surface area (Å²) in [6.45, 7) is 7.51. The van der Waals surface area contributed by atoms with Crippen LogP contribution in [0.2, 0.25) is 0 Å². The summed E-state index contributed by atoms with van der Waals surface area (Å²) in [5, 5.41) is 2.91. The minimum absolute atomic E-state index is 0.0778. The van der Waals surface area contributed by atoms with Crippen molar-refractivity contribution < 1.29 is 4.79 Å². The van der Waals surface area contributed by atoms with Crippen LogP contribution in [0.15, 0.2) is 42.0 Å². The van der Waals surface area contributed by atoms with E-state index in [-0.39, 0.29) is 17.5 Å². The first kappa shape index (κ1) is 18.6. The number of nitrogens with one attached hydrogen (secondary N) is 2. The van der Waals surface area contributed by atoms with Gasteiger partial charge in [-0.2, -0.15) is 0 Å². The zero-order valence-electron chi connectivity index (χ0n) is 15.6. The third-order valence-electron chi connectivity index (χ3n) is 4.62. The lowest BCUT2D eigenvalue weighted by molar-refractivity contribution is -0.130. The molecule has 0 spiro atoms. The minimum Gasteiger partial charge on any atom is -0.361 e. The van der Waals surface area contributed by atoms with Gasteiger partial charge in [-0.05, 0) is 24.6 Å². The average molecular weight is 368 g/mol. The first-order chi connectivity index (χ1) is 13.1. The molecule has 142 valence electrons. The first-order valence-corrected chi connectivity index (χ1v) is 8.99. The van der Waals surface area contributed by atoms with Crippen LogP contribution in [0.25, 0.3) is 11.3 Å². The molecule has 2 N–H and O–H groups in total. The predicted molar refractivity (Wildman–Crippen MR) is 106 cm³/mol. The van der Waals surface area contributed by atoms with E-state index < -0.39 is 0 Å². The highest BCUT2D eigenvalue weighted by molar-refractivity contribution is 5.87. The van der Waals surface area contributed by atoms with E-state index in [2.05, 4.69) is 38.7 Å². The second-order valence-electron chi connectivity index (χ2n) is 6.41. The first-order valence-electron chi connectivity index (χ1n) is 8.99. The van der Waals surface area contributed by atoms with Crippen LogP contribution in [-0.4, -0.2) is 58.5 Å². The zero-order valence-corrected chi connectivity index (χ0v) is 15.6. The fraction of sp³-hybridized carbons (Fsp3) is 0.368. The predicted octanol–water partition coefficient (Wildman–Crippen LogP) is 1.49. The molecule has 0 aliphatic carbocycles. The Morgan fingerprint density at radius 3 is 2.96 bits per heavy atom. The Morgan fingerprint density at radius 1 is 1.52 bits per heavy atom. The quantitative estimate of drug-likeness (QED) is 0.719. The van der Waals surface area contributed by atoms with Gasteiger partial charge in [0.25, 0.3) is 5.56 Å². The highest BCUT2D eigenvalue weighted by Gasteiger charge is 2.34. The normalized spacial score (nSPS) is 13.8. The lowest BCUT2D eigenvalue weighted by atomic mass is 10.0. The number of anilines is 2. The summed E-state index contributed by atoms with van der Waals surface area (Å²) in [5.41, 5.74) is 1.97. The second kappa shape index (κ2) is 8.03. The van der Waals surface area contributed by atoms with Crippen LogP contribution in [0.5, 0.6) is 0 Å². The number of pyridine rings is 1. The van der Waals surface area contributed by atoms with Gasteiger partial charge in [-0.15, -0.1) is 0 Å². The fourth-order valence-electron chi connectivity index (χ4n) is 3.18. The molecule has 8 nitrogen and oxygen atoms in total. The molecular formula is C19H24N6O2. The highest BCUT2D eigenvalue weighted by atomic mass is 16.2. The van der Waals surface area contributed by atoms with Crippen molar-refractivity contribution in [2.24, 2.45) is 0 Å². The van der Waals surface area contributed by atoms with Gasteiger partial charge in [0.15, 0.2) is 0 Å². The van der Waals surface area contributed by atoms with E-state index in [1.807, 2.05) is 6.07 Å². The number of rotatable bonds is 7. The Morgan fingerprint density at radius 2 is 2.30 bits per heavy atom. The maximum absolute atomic E-state index is 12.5. The van der Waals surface area contributed by atoms with Crippen molar-refractivity contribution in [2.75, 3.05) is 36.9 Å². The molecule has 0 unspecified atom stereocenters. The molecule has 8 heteroatoms. The Labute approximate surface area is 157 Å². The summed E-state index contributed by atoms with van der Waals surface area (Å²) in [7, 11) is 1.76. The maximum atomic E-state index is 12.5. The Kier molecular flexibility index (Phi) is 5.54. The molecule has 27 heavy (non-hydrogen) atoms. The number of H-pyrrole nitrogens is 1. The molecule has 3 heterocycles. The summed E-state index contributed by atoms with van der Waals surface area (Å²) < 4.78 is 0. The van der Waals surface area contributed by atoms with E-state index in [9.17, 15) is 9.59 Å². The topological polar surface area (TPSA) is 94.2 Å². The van der Waals surface area contributed by atoms with Crippen molar-refractivity contribution in [3.8, 4) is 11.3 Å². The third-order valence-corrected chi connectivity index (χ3v) is 4.62. The summed E-state index contributed by atoms with van der Waals surface area (Å²) >= 11 is 0. The largest absolute Gasteiger partial charge is 0.361 e. The number of hydrogen-bond acceptors (Lipinski definition) is 6. The summed E-state index contributed by atoms with van der Waals surface area (Å²) in [6, 6.07) is 3.77. The standard InChI is InChI=1S/C19H24N6O2/c1-4-8-25(14-11-24(12-14)17(26)5-2)16-9-13(10-22-18(16)27)15-6-7-21-19(20-3)23-15/h5-7,9-10,14H,2,4,8,11-12H2,1,3H3,(H,22,27)(H,20,21,23). The smallest absolute Gasteiger partial charge is 0.271 e. The molecule has 0 saturated carbocycles. The number of likely N-dealkylation sites (tertiary alicyclic amines) is 1. The number of carbonyl (C=O) groups is 1. The lowest BCUT2D eigenvalue weighted by Gasteiger charge is -2.45. The molecule has 0 aromatic carbocycles. The molecule has 0 radical (unpaired) electrons. The molecule has 2 aromatic rings. The van der Waals surface area contributed by atoms with Gasteiger partial charge in [0.1, 0.15) is 5.69 Å². The van der Waals surface area contributed by atoms with Crippen LogP contribution in [-0.2, 0) is 4.79 Å². The molecule has 2 aromatic heterocycles. The zero-order chi connectivity index (χ0) is 19.4. The number of carbonyl (C=O) groups excluding carboxylic acids is 1. The summed E-state index contributed by atoms with van der Waals surface area (Å²) in [6.07, 6.45) is 5.55. The molecular weight excluding hydrogens is 344 g/mol. The van der Waals surface area contributed by atoms with E-state index in [0.717, 1.165) is 24.2 Å². The van der Waals surface area contributed by atoms with Crippen LogP contribution in [0.4, 0.5) is 11.6 Å². The molecule has 1 saturated heterocycles. The summed E-state index contributed by atoms with van der Waals surface area (Å²) in [5.74, 6) is 0.439. The number of aromatic amines is 1. The van der Waals surface area contributed by atoms with Crippen molar-refractivity contribution >= 4 is 17.5 Å². The van der Waals surface area contributed by atoms with Gasteiger partial charge in [0, 0.05) is 44.6 Å². The van der Waals surface area contributed by atoms with Crippen molar-refractivity contribution in [3.63, 3.8) is 0 Å². The number of amides is 1. The van der Waals surface area contributed by atoms with Crippen molar-refractivity contribution in [1.82, 2.24) is 19.9 Å². The molecule has 1 aliphatic heterocycles. The molecule has 1 amide bonds. The van der Waals surface area contributed by atoms with E-state index >= 15 is 0 Å². The SMILES string of the molecule is C=CC(=O)N1CC(N(CCC)c2cc(-c3ccnc(NC)n3)c[nH]c2=O)C1. The molecule has 1 aliphatic rings. The van der Waals surface area contributed by atoms with Gasteiger partial charge in [-0.3, -0.25) is 9.59 Å². The molecule has 1 fully saturated rings. The van der Waals surface area contributed by atoms with Crippen LogP contribution in [0, 0.1) is 0 Å². The molecule has 0 atom stereocenters. The molecule has 0 bridgehead atoms. The Bertz CT molecular complexity index is 888.